The first-order valence-corrected chi connectivity index (χ1v) is 6.10. The lowest BCUT2D eigenvalue weighted by atomic mass is 10.1. The predicted octanol–water partition coefficient (Wildman–Crippen LogP) is 3.02. The molecule has 0 fully saturated rings. The number of hydrogen-bond acceptors (Lipinski definition) is 0. The van der Waals surface area contributed by atoms with Gasteiger partial charge in [0, 0.05) is 28.9 Å². The molecule has 0 spiro atoms. The maximum Gasteiger partial charge on any atom is 0.0488 e. The molecule has 0 amide bonds. The van der Waals surface area contributed by atoms with E-state index in [-0.39, 0.29) is 0 Å². The van der Waals surface area contributed by atoms with E-state index >= 15 is 0 Å². The van der Waals surface area contributed by atoms with Gasteiger partial charge in [0.1, 0.15) is 0 Å². The zero-order chi connectivity index (χ0) is 13.5. The third kappa shape index (κ3) is 2.62. The molecule has 0 unspecified atom stereocenters. The molecule has 0 N–H and O–H groups in total. The van der Waals surface area contributed by atoms with Gasteiger partial charge in [-0.05, 0) is 26.0 Å². The molecule has 1 rings (SSSR count). The first-order valence-electron chi connectivity index (χ1n) is 6.10. The van der Waals surface area contributed by atoms with Gasteiger partial charge in [-0.1, -0.05) is 49.6 Å². The quantitative estimate of drug-likeness (QED) is 0.712. The predicted molar refractivity (Wildman–Crippen MR) is 83.4 cm³/mol. The Morgan fingerprint density at radius 3 is 2.33 bits per heavy atom. The topological polar surface area (TPSA) is 4.93 Å². The fourth-order valence-electron chi connectivity index (χ4n) is 2.03. The number of hydrogen-bond donors (Lipinski definition) is 0. The lowest BCUT2D eigenvalue weighted by molar-refractivity contribution is 0.877. The molecule has 0 atom stereocenters. The molecule has 94 valence electrons. The highest BCUT2D eigenvalue weighted by Crippen LogP contribution is 2.06. The highest BCUT2D eigenvalue weighted by atomic mass is 14.9. The molecule has 1 heterocycles. The van der Waals surface area contributed by atoms with Crippen LogP contribution >= 0.6 is 0 Å². The van der Waals surface area contributed by atoms with Crippen molar-refractivity contribution in [2.24, 2.45) is 7.05 Å². The molecule has 1 nitrogen and oxygen atoms in total. The van der Waals surface area contributed by atoms with Crippen molar-refractivity contribution in [2.75, 3.05) is 0 Å². The SMILES string of the molecule is C=C/C=C\c1c(C=C)c(=C/C)/c(=C\C=C/C)n1C. The fraction of sp³-hybridized carbons (Fsp3) is 0.176. The van der Waals surface area contributed by atoms with Crippen LogP contribution in [0, 0.1) is 0 Å². The second kappa shape index (κ2) is 6.65. The molecule has 1 heteroatoms. The molecule has 0 aromatic carbocycles. The minimum atomic E-state index is 1.15. The molecule has 1 aromatic heterocycles. The average molecular weight is 239 g/mol. The molecule has 18 heavy (non-hydrogen) atoms. The molecule has 0 radical (unpaired) electrons. The summed E-state index contributed by atoms with van der Waals surface area (Å²) in [7, 11) is 2.07. The van der Waals surface area contributed by atoms with Crippen LogP contribution in [0.25, 0.3) is 24.3 Å². The van der Waals surface area contributed by atoms with Crippen molar-refractivity contribution in [3.05, 3.63) is 59.3 Å². The molecular weight excluding hydrogens is 218 g/mol. The van der Waals surface area contributed by atoms with Crippen LogP contribution < -0.4 is 10.6 Å². The first-order chi connectivity index (χ1) is 8.71. The average Bonchev–Trinajstić information content (AvgIpc) is 2.65. The van der Waals surface area contributed by atoms with Crippen LogP contribution in [0.15, 0.2) is 37.5 Å². The number of aromatic nitrogens is 1. The Hall–Kier alpha value is -2.02. The van der Waals surface area contributed by atoms with Crippen molar-refractivity contribution in [1.82, 2.24) is 4.57 Å². The number of nitrogens with zero attached hydrogens (tertiary/aromatic N) is 1. The van der Waals surface area contributed by atoms with E-state index in [2.05, 4.69) is 56.0 Å². The molecule has 0 saturated carbocycles. The van der Waals surface area contributed by atoms with Crippen molar-refractivity contribution < 1.29 is 0 Å². The van der Waals surface area contributed by atoms with Crippen LogP contribution in [0.3, 0.4) is 0 Å². The molecule has 0 aliphatic heterocycles. The van der Waals surface area contributed by atoms with Crippen LogP contribution in [0.1, 0.15) is 25.1 Å². The van der Waals surface area contributed by atoms with E-state index in [9.17, 15) is 0 Å². The van der Waals surface area contributed by atoms with Gasteiger partial charge >= 0.3 is 0 Å². The Labute approximate surface area is 109 Å². The van der Waals surface area contributed by atoms with Gasteiger partial charge in [0.05, 0.1) is 0 Å². The molecule has 0 aliphatic carbocycles. The summed E-state index contributed by atoms with van der Waals surface area (Å²) in [6, 6.07) is 0. The number of allylic oxidation sites excluding steroid dienone is 4. The summed E-state index contributed by atoms with van der Waals surface area (Å²) in [5.74, 6) is 0. The largest absolute Gasteiger partial charge is 0.344 e. The standard InChI is InChI=1S/C17H21N/c1-6-10-12-16-14(8-3)15(9-4)17(18(16)5)13-11-7-2/h6-13H,1,3H2,2,4-5H3/b11-7-,12-10-,15-9-,17-13+. The summed E-state index contributed by atoms with van der Waals surface area (Å²) < 4.78 is 2.17. The second-order valence-electron chi connectivity index (χ2n) is 3.94. The van der Waals surface area contributed by atoms with Gasteiger partial charge in [0.15, 0.2) is 0 Å². The van der Waals surface area contributed by atoms with Crippen LogP contribution in [0.2, 0.25) is 0 Å². The lowest BCUT2D eigenvalue weighted by Gasteiger charge is -1.98. The summed E-state index contributed by atoms with van der Waals surface area (Å²) in [5, 5.41) is 2.41. The summed E-state index contributed by atoms with van der Waals surface area (Å²) >= 11 is 0. The molecule has 0 bridgehead atoms. The van der Waals surface area contributed by atoms with Crippen LogP contribution in [-0.4, -0.2) is 4.57 Å². The van der Waals surface area contributed by atoms with Gasteiger partial charge < -0.3 is 4.57 Å². The zero-order valence-corrected chi connectivity index (χ0v) is 11.5. The van der Waals surface area contributed by atoms with Crippen molar-refractivity contribution >= 4 is 24.3 Å². The van der Waals surface area contributed by atoms with E-state index in [1.54, 1.807) is 6.08 Å². The minimum Gasteiger partial charge on any atom is -0.344 e. The van der Waals surface area contributed by atoms with Gasteiger partial charge in [-0.2, -0.15) is 0 Å². The maximum atomic E-state index is 3.92. The van der Waals surface area contributed by atoms with Crippen molar-refractivity contribution in [1.29, 1.82) is 0 Å². The van der Waals surface area contributed by atoms with Gasteiger partial charge in [-0.3, -0.25) is 0 Å². The van der Waals surface area contributed by atoms with Gasteiger partial charge in [-0.25, -0.2) is 0 Å². The highest BCUT2D eigenvalue weighted by molar-refractivity contribution is 5.65. The molecule has 0 saturated heterocycles. The van der Waals surface area contributed by atoms with Crippen molar-refractivity contribution in [3.8, 4) is 0 Å². The summed E-state index contributed by atoms with van der Waals surface area (Å²) in [6.45, 7) is 11.7. The maximum absolute atomic E-state index is 3.92. The highest BCUT2D eigenvalue weighted by Gasteiger charge is 2.06. The van der Waals surface area contributed by atoms with E-state index in [4.69, 9.17) is 0 Å². The molecule has 0 aliphatic rings. The zero-order valence-electron chi connectivity index (χ0n) is 11.5. The van der Waals surface area contributed by atoms with Crippen molar-refractivity contribution in [2.45, 2.75) is 13.8 Å². The Balaban J connectivity index is 3.76. The Bertz CT molecular complexity index is 607. The normalized spacial score (nSPS) is 13.9. The van der Waals surface area contributed by atoms with Crippen molar-refractivity contribution in [3.63, 3.8) is 0 Å². The summed E-state index contributed by atoms with van der Waals surface area (Å²) in [4.78, 5) is 0. The third-order valence-corrected chi connectivity index (χ3v) is 2.89. The van der Waals surface area contributed by atoms with Gasteiger partial charge in [0.25, 0.3) is 0 Å². The number of rotatable bonds is 4. The molecule has 1 aromatic rings. The van der Waals surface area contributed by atoms with Gasteiger partial charge in [-0.15, -0.1) is 0 Å². The van der Waals surface area contributed by atoms with E-state index in [0.717, 1.165) is 11.3 Å². The van der Waals surface area contributed by atoms with Crippen LogP contribution in [-0.2, 0) is 7.05 Å². The summed E-state index contributed by atoms with van der Waals surface area (Å²) in [6.07, 6.45) is 16.0. The Kier molecular flexibility index (Phi) is 5.19. The van der Waals surface area contributed by atoms with E-state index in [1.807, 2.05) is 25.2 Å². The van der Waals surface area contributed by atoms with E-state index < -0.39 is 0 Å². The van der Waals surface area contributed by atoms with E-state index in [1.165, 1.54) is 10.6 Å². The fourth-order valence-corrected chi connectivity index (χ4v) is 2.03. The Morgan fingerprint density at radius 1 is 1.11 bits per heavy atom. The van der Waals surface area contributed by atoms with E-state index in [0.29, 0.717) is 0 Å². The van der Waals surface area contributed by atoms with Gasteiger partial charge in [0.2, 0.25) is 0 Å². The van der Waals surface area contributed by atoms with Crippen LogP contribution in [0.4, 0.5) is 0 Å². The first kappa shape index (κ1) is 14.0. The third-order valence-electron chi connectivity index (χ3n) is 2.89. The smallest absolute Gasteiger partial charge is 0.0488 e. The minimum absolute atomic E-state index is 1.15. The Morgan fingerprint density at radius 2 is 1.83 bits per heavy atom. The van der Waals surface area contributed by atoms with Crippen LogP contribution in [0.5, 0.6) is 0 Å². The lowest BCUT2D eigenvalue weighted by Crippen LogP contribution is -2.28. The summed E-state index contributed by atoms with van der Waals surface area (Å²) in [5.41, 5.74) is 2.31. The molecular formula is C17H21N. The monoisotopic (exact) mass is 239 g/mol. The second-order valence-corrected chi connectivity index (χ2v) is 3.94.